The summed E-state index contributed by atoms with van der Waals surface area (Å²) in [7, 11) is -0.905. The third kappa shape index (κ3) is 5.65. The number of nitrogens with two attached hydrogens (primary N) is 1. The largest absolute Gasteiger partial charge is 0.399 e. The summed E-state index contributed by atoms with van der Waals surface area (Å²) in [6.45, 7) is 1.94. The van der Waals surface area contributed by atoms with E-state index in [0.29, 0.717) is 24.3 Å². The zero-order valence-electron chi connectivity index (χ0n) is 13.9. The number of nitrogens with one attached hydrogen (secondary N) is 1. The molecule has 0 heterocycles. The Balaban J connectivity index is 0.00000288. The molecule has 130 valence electrons. The number of halogens is 1. The molecule has 4 nitrogen and oxygen atoms in total. The van der Waals surface area contributed by atoms with Gasteiger partial charge in [-0.3, -0.25) is 9.00 Å². The predicted molar refractivity (Wildman–Crippen MR) is 104 cm³/mol. The molecular weight excluding hydrogens is 344 g/mol. The van der Waals surface area contributed by atoms with E-state index in [1.165, 1.54) is 0 Å². The van der Waals surface area contributed by atoms with E-state index >= 15 is 0 Å². The van der Waals surface area contributed by atoms with Crippen LogP contribution in [-0.2, 0) is 27.8 Å². The molecular formula is C18H23ClN2O2S. The second-order valence-corrected chi connectivity index (χ2v) is 6.99. The number of nitrogen functional groups attached to an aromatic ring is 1. The first-order valence-electron chi connectivity index (χ1n) is 7.49. The second kappa shape index (κ2) is 9.45. The molecule has 0 aromatic heterocycles. The van der Waals surface area contributed by atoms with E-state index in [2.05, 4.69) is 5.32 Å². The molecule has 24 heavy (non-hydrogen) atoms. The van der Waals surface area contributed by atoms with Gasteiger partial charge in [-0.25, -0.2) is 0 Å². The smallest absolute Gasteiger partial charge is 0.224 e. The molecule has 1 amide bonds. The van der Waals surface area contributed by atoms with Gasteiger partial charge in [0.05, 0.1) is 0 Å². The number of anilines is 2. The van der Waals surface area contributed by atoms with Gasteiger partial charge >= 0.3 is 0 Å². The number of carbonyl (C=O) groups excluding carboxylic acids is 1. The summed E-state index contributed by atoms with van der Waals surface area (Å²) in [6.07, 6.45) is 2.66. The van der Waals surface area contributed by atoms with Crippen LogP contribution in [0, 0.1) is 6.92 Å². The van der Waals surface area contributed by atoms with Crippen molar-refractivity contribution in [1.82, 2.24) is 0 Å². The quantitative estimate of drug-likeness (QED) is 0.769. The van der Waals surface area contributed by atoms with Gasteiger partial charge < -0.3 is 11.1 Å². The van der Waals surface area contributed by atoms with Gasteiger partial charge in [0.25, 0.3) is 0 Å². The maximum absolute atomic E-state index is 12.2. The molecule has 0 saturated carbocycles. The number of benzene rings is 2. The van der Waals surface area contributed by atoms with Crippen molar-refractivity contribution < 1.29 is 9.00 Å². The van der Waals surface area contributed by atoms with Gasteiger partial charge in [0.1, 0.15) is 0 Å². The molecule has 1 unspecified atom stereocenters. The SMILES string of the molecule is Cc1c(CS(C)=O)cccc1NC(=O)CCc1ccccc1N.Cl. The summed E-state index contributed by atoms with van der Waals surface area (Å²) in [5.41, 5.74) is 10.3. The number of hydrogen-bond acceptors (Lipinski definition) is 3. The monoisotopic (exact) mass is 366 g/mol. The number of rotatable bonds is 6. The van der Waals surface area contributed by atoms with Crippen molar-refractivity contribution >= 4 is 40.5 Å². The molecule has 2 aromatic carbocycles. The van der Waals surface area contributed by atoms with Crippen molar-refractivity contribution in [2.24, 2.45) is 0 Å². The van der Waals surface area contributed by atoms with Crippen molar-refractivity contribution in [3.8, 4) is 0 Å². The van der Waals surface area contributed by atoms with Gasteiger partial charge in [-0.2, -0.15) is 0 Å². The molecule has 0 radical (unpaired) electrons. The highest BCUT2D eigenvalue weighted by Gasteiger charge is 2.09. The highest BCUT2D eigenvalue weighted by atomic mass is 35.5. The van der Waals surface area contributed by atoms with Crippen LogP contribution in [0.3, 0.4) is 0 Å². The Labute approximate surface area is 151 Å². The number of carbonyl (C=O) groups is 1. The Bertz CT molecular complexity index is 735. The zero-order chi connectivity index (χ0) is 16.8. The summed E-state index contributed by atoms with van der Waals surface area (Å²) >= 11 is 0. The maximum Gasteiger partial charge on any atom is 0.224 e. The highest BCUT2D eigenvalue weighted by molar-refractivity contribution is 7.83. The fourth-order valence-corrected chi connectivity index (χ4v) is 3.17. The number of aryl methyl sites for hydroxylation is 1. The zero-order valence-corrected chi connectivity index (χ0v) is 15.5. The molecule has 0 aliphatic heterocycles. The first-order valence-corrected chi connectivity index (χ1v) is 9.22. The van der Waals surface area contributed by atoms with Crippen molar-refractivity contribution in [2.45, 2.75) is 25.5 Å². The van der Waals surface area contributed by atoms with Crippen LogP contribution < -0.4 is 11.1 Å². The van der Waals surface area contributed by atoms with Gasteiger partial charge in [-0.15, -0.1) is 12.4 Å². The lowest BCUT2D eigenvalue weighted by atomic mass is 10.1. The summed E-state index contributed by atoms with van der Waals surface area (Å²) in [5.74, 6) is 0.446. The first-order chi connectivity index (χ1) is 11.0. The number of amides is 1. The van der Waals surface area contributed by atoms with E-state index in [1.54, 1.807) is 6.26 Å². The summed E-state index contributed by atoms with van der Waals surface area (Å²) in [5, 5.41) is 2.93. The Morgan fingerprint density at radius 1 is 1.12 bits per heavy atom. The van der Waals surface area contributed by atoms with Gasteiger partial charge in [0, 0.05) is 40.6 Å². The predicted octanol–water partition coefficient (Wildman–Crippen LogP) is 3.45. The third-order valence-electron chi connectivity index (χ3n) is 3.76. The summed E-state index contributed by atoms with van der Waals surface area (Å²) in [4.78, 5) is 12.2. The van der Waals surface area contributed by atoms with Crippen LogP contribution >= 0.6 is 12.4 Å². The van der Waals surface area contributed by atoms with Gasteiger partial charge in [0.2, 0.25) is 5.91 Å². The number of hydrogen-bond donors (Lipinski definition) is 2. The van der Waals surface area contributed by atoms with Crippen LogP contribution in [0.5, 0.6) is 0 Å². The molecule has 2 rings (SSSR count). The molecule has 3 N–H and O–H groups in total. The van der Waals surface area contributed by atoms with Crippen molar-refractivity contribution in [3.05, 3.63) is 59.2 Å². The fourth-order valence-electron chi connectivity index (χ4n) is 2.42. The normalized spacial score (nSPS) is 11.4. The molecule has 0 bridgehead atoms. The third-order valence-corrected chi connectivity index (χ3v) is 4.47. The van der Waals surface area contributed by atoms with Gasteiger partial charge in [-0.05, 0) is 42.2 Å². The first kappa shape index (κ1) is 20.2. The van der Waals surface area contributed by atoms with E-state index in [1.807, 2.05) is 49.4 Å². The molecule has 2 aromatic rings. The van der Waals surface area contributed by atoms with Gasteiger partial charge in [-0.1, -0.05) is 30.3 Å². The average Bonchev–Trinajstić information content (AvgIpc) is 2.50. The van der Waals surface area contributed by atoms with E-state index in [9.17, 15) is 9.00 Å². The Morgan fingerprint density at radius 2 is 1.79 bits per heavy atom. The van der Waals surface area contributed by atoms with Crippen LogP contribution in [0.25, 0.3) is 0 Å². The summed E-state index contributed by atoms with van der Waals surface area (Å²) < 4.78 is 11.4. The minimum atomic E-state index is -0.905. The Kier molecular flexibility index (Phi) is 7.95. The van der Waals surface area contributed by atoms with Crippen molar-refractivity contribution in [2.75, 3.05) is 17.3 Å². The number of para-hydroxylation sites is 1. The molecule has 0 saturated heterocycles. The van der Waals surface area contributed by atoms with Crippen molar-refractivity contribution in [3.63, 3.8) is 0 Å². The van der Waals surface area contributed by atoms with Crippen LogP contribution in [0.15, 0.2) is 42.5 Å². The molecule has 0 aliphatic rings. The minimum absolute atomic E-state index is 0. The van der Waals surface area contributed by atoms with Crippen LogP contribution in [0.4, 0.5) is 11.4 Å². The summed E-state index contributed by atoms with van der Waals surface area (Å²) in [6, 6.07) is 13.3. The Morgan fingerprint density at radius 3 is 2.46 bits per heavy atom. The molecule has 0 spiro atoms. The fraction of sp³-hybridized carbons (Fsp3) is 0.278. The lowest BCUT2D eigenvalue weighted by Gasteiger charge is -2.12. The highest BCUT2D eigenvalue weighted by Crippen LogP contribution is 2.21. The van der Waals surface area contributed by atoms with Gasteiger partial charge in [0.15, 0.2) is 0 Å². The lowest BCUT2D eigenvalue weighted by molar-refractivity contribution is -0.116. The minimum Gasteiger partial charge on any atom is -0.399 e. The maximum atomic E-state index is 12.2. The van der Waals surface area contributed by atoms with Crippen LogP contribution in [0.1, 0.15) is 23.1 Å². The van der Waals surface area contributed by atoms with E-state index in [-0.39, 0.29) is 18.3 Å². The molecule has 6 heteroatoms. The van der Waals surface area contributed by atoms with Crippen molar-refractivity contribution in [1.29, 1.82) is 0 Å². The lowest BCUT2D eigenvalue weighted by Crippen LogP contribution is -2.14. The topological polar surface area (TPSA) is 72.2 Å². The van der Waals surface area contributed by atoms with Crippen LogP contribution in [0.2, 0.25) is 0 Å². The Hall–Kier alpha value is -1.85. The molecule has 0 aliphatic carbocycles. The average molecular weight is 367 g/mol. The van der Waals surface area contributed by atoms with E-state index < -0.39 is 10.8 Å². The van der Waals surface area contributed by atoms with E-state index in [4.69, 9.17) is 5.73 Å². The standard InChI is InChI=1S/C18H22N2O2S.ClH/c1-13-15(12-23(2)22)7-5-9-17(13)20-18(21)11-10-14-6-3-4-8-16(14)19;/h3-9H,10-12,19H2,1-2H3,(H,20,21);1H. The second-order valence-electron chi connectivity index (χ2n) is 5.55. The molecule has 0 fully saturated rings. The van der Waals surface area contributed by atoms with Crippen LogP contribution in [-0.4, -0.2) is 16.4 Å². The molecule has 1 atom stereocenters. The van der Waals surface area contributed by atoms with E-state index in [0.717, 1.165) is 22.4 Å².